The number of nitrogens with zero attached hydrogens (tertiary/aromatic N) is 2. The first-order chi connectivity index (χ1) is 10.8. The lowest BCUT2D eigenvalue weighted by molar-refractivity contribution is 0.961. The van der Waals surface area contributed by atoms with Crippen LogP contribution in [0.2, 0.25) is 5.02 Å². The number of H-pyrrole nitrogens is 1. The first-order valence-corrected chi connectivity index (χ1v) is 7.66. The van der Waals surface area contributed by atoms with Crippen molar-refractivity contribution >= 4 is 17.4 Å². The molecule has 4 nitrogen and oxygen atoms in total. The molecule has 0 amide bonds. The third-order valence-corrected chi connectivity index (χ3v) is 3.66. The number of benzene rings is 1. The maximum Gasteiger partial charge on any atom is 0.156 e. The van der Waals surface area contributed by atoms with E-state index in [4.69, 9.17) is 11.6 Å². The van der Waals surface area contributed by atoms with Gasteiger partial charge < -0.3 is 5.32 Å². The fraction of sp³-hybridized carbons (Fsp3) is 0.176. The van der Waals surface area contributed by atoms with Crippen LogP contribution in [0.5, 0.6) is 0 Å². The van der Waals surface area contributed by atoms with E-state index >= 15 is 0 Å². The summed E-state index contributed by atoms with van der Waals surface area (Å²) in [5, 5.41) is 11.7. The number of halogens is 1. The molecular weight excluding hydrogens is 296 g/mol. The molecule has 5 heteroatoms. The summed E-state index contributed by atoms with van der Waals surface area (Å²) >= 11 is 5.98. The molecule has 3 rings (SSSR count). The monoisotopic (exact) mass is 312 g/mol. The van der Waals surface area contributed by atoms with Gasteiger partial charge in [0, 0.05) is 29.5 Å². The predicted molar refractivity (Wildman–Crippen MR) is 91.0 cm³/mol. The average Bonchev–Trinajstić information content (AvgIpc) is 2.98. The normalized spacial score (nSPS) is 10.6. The van der Waals surface area contributed by atoms with Gasteiger partial charge in [0.1, 0.15) is 0 Å². The van der Waals surface area contributed by atoms with Gasteiger partial charge in [0.05, 0.1) is 11.3 Å². The van der Waals surface area contributed by atoms with Gasteiger partial charge in [0.25, 0.3) is 0 Å². The summed E-state index contributed by atoms with van der Waals surface area (Å²) in [5.74, 6) is 0.859. The molecule has 2 aromatic heterocycles. The quantitative estimate of drug-likeness (QED) is 0.723. The van der Waals surface area contributed by atoms with Crippen molar-refractivity contribution in [3.05, 3.63) is 53.8 Å². The lowest BCUT2D eigenvalue weighted by Crippen LogP contribution is -2.01. The standard InChI is InChI=1S/C17H17ClN4/c1-2-9-20-17-15(12-7-10-19-11-8-12)16(21-22-17)13-3-5-14(18)6-4-13/h3-8,10-11H,2,9H2,1H3,(H2,20,21,22). The summed E-state index contributed by atoms with van der Waals surface area (Å²) in [4.78, 5) is 4.09. The molecule has 0 aliphatic heterocycles. The fourth-order valence-corrected chi connectivity index (χ4v) is 2.46. The molecule has 0 bridgehead atoms. The molecule has 0 saturated carbocycles. The number of hydrogen-bond acceptors (Lipinski definition) is 3. The van der Waals surface area contributed by atoms with Gasteiger partial charge in [0.2, 0.25) is 0 Å². The number of anilines is 1. The molecule has 22 heavy (non-hydrogen) atoms. The molecule has 1 aromatic carbocycles. The number of rotatable bonds is 5. The molecule has 0 atom stereocenters. The lowest BCUT2D eigenvalue weighted by Gasteiger charge is -2.08. The van der Waals surface area contributed by atoms with Gasteiger partial charge in [0.15, 0.2) is 5.82 Å². The second-order valence-corrected chi connectivity index (χ2v) is 5.43. The van der Waals surface area contributed by atoms with Crippen LogP contribution in [0.3, 0.4) is 0 Å². The van der Waals surface area contributed by atoms with E-state index in [2.05, 4.69) is 27.4 Å². The second kappa shape index (κ2) is 6.62. The van der Waals surface area contributed by atoms with Crippen LogP contribution in [0.1, 0.15) is 13.3 Å². The van der Waals surface area contributed by atoms with Crippen LogP contribution in [0.4, 0.5) is 5.82 Å². The van der Waals surface area contributed by atoms with Crippen LogP contribution in [0.25, 0.3) is 22.4 Å². The van der Waals surface area contributed by atoms with Gasteiger partial charge in [-0.1, -0.05) is 30.7 Å². The van der Waals surface area contributed by atoms with Crippen LogP contribution in [-0.4, -0.2) is 21.7 Å². The third-order valence-electron chi connectivity index (χ3n) is 3.41. The van der Waals surface area contributed by atoms with Gasteiger partial charge in [-0.15, -0.1) is 0 Å². The minimum absolute atomic E-state index is 0.720. The van der Waals surface area contributed by atoms with Gasteiger partial charge >= 0.3 is 0 Å². The Hall–Kier alpha value is -2.33. The molecule has 2 heterocycles. The summed E-state index contributed by atoms with van der Waals surface area (Å²) in [6.07, 6.45) is 4.62. The summed E-state index contributed by atoms with van der Waals surface area (Å²) in [7, 11) is 0. The van der Waals surface area contributed by atoms with E-state index in [0.717, 1.165) is 46.2 Å². The van der Waals surface area contributed by atoms with Crippen LogP contribution in [0.15, 0.2) is 48.8 Å². The highest BCUT2D eigenvalue weighted by Crippen LogP contribution is 2.36. The minimum Gasteiger partial charge on any atom is -0.368 e. The van der Waals surface area contributed by atoms with E-state index in [1.165, 1.54) is 0 Å². The summed E-state index contributed by atoms with van der Waals surface area (Å²) < 4.78 is 0. The smallest absolute Gasteiger partial charge is 0.156 e. The van der Waals surface area contributed by atoms with E-state index in [1.54, 1.807) is 12.4 Å². The zero-order valence-electron chi connectivity index (χ0n) is 12.3. The van der Waals surface area contributed by atoms with Crippen molar-refractivity contribution in [2.45, 2.75) is 13.3 Å². The van der Waals surface area contributed by atoms with Crippen LogP contribution in [0, 0.1) is 0 Å². The van der Waals surface area contributed by atoms with Crippen molar-refractivity contribution in [2.24, 2.45) is 0 Å². The topological polar surface area (TPSA) is 53.6 Å². The molecule has 0 fully saturated rings. The Balaban J connectivity index is 2.10. The highest BCUT2D eigenvalue weighted by Gasteiger charge is 2.16. The maximum atomic E-state index is 5.98. The Kier molecular flexibility index (Phi) is 4.39. The zero-order chi connectivity index (χ0) is 15.4. The van der Waals surface area contributed by atoms with Crippen molar-refractivity contribution in [2.75, 3.05) is 11.9 Å². The van der Waals surface area contributed by atoms with Crippen LogP contribution >= 0.6 is 11.6 Å². The van der Waals surface area contributed by atoms with Gasteiger partial charge in [-0.2, -0.15) is 5.10 Å². The Morgan fingerprint density at radius 3 is 2.45 bits per heavy atom. The first-order valence-electron chi connectivity index (χ1n) is 7.28. The molecule has 0 spiro atoms. The van der Waals surface area contributed by atoms with E-state index in [0.29, 0.717) is 0 Å². The van der Waals surface area contributed by atoms with Crippen molar-refractivity contribution in [3.8, 4) is 22.4 Å². The molecular formula is C17H17ClN4. The first kappa shape index (κ1) is 14.6. The van der Waals surface area contributed by atoms with Gasteiger partial charge in [-0.25, -0.2) is 0 Å². The fourth-order valence-electron chi connectivity index (χ4n) is 2.34. The molecule has 0 aliphatic rings. The number of hydrogen-bond donors (Lipinski definition) is 2. The number of aromatic nitrogens is 3. The average molecular weight is 313 g/mol. The Morgan fingerprint density at radius 1 is 1.05 bits per heavy atom. The van der Waals surface area contributed by atoms with Crippen molar-refractivity contribution in [1.29, 1.82) is 0 Å². The third kappa shape index (κ3) is 2.97. The Morgan fingerprint density at radius 2 is 1.77 bits per heavy atom. The second-order valence-electron chi connectivity index (χ2n) is 4.99. The van der Waals surface area contributed by atoms with Crippen molar-refractivity contribution < 1.29 is 0 Å². The van der Waals surface area contributed by atoms with E-state index in [-0.39, 0.29) is 0 Å². The Labute approximate surface area is 134 Å². The highest BCUT2D eigenvalue weighted by molar-refractivity contribution is 6.30. The molecule has 112 valence electrons. The van der Waals surface area contributed by atoms with Gasteiger partial charge in [-0.05, 0) is 36.2 Å². The highest BCUT2D eigenvalue weighted by atomic mass is 35.5. The predicted octanol–water partition coefficient (Wildman–Crippen LogP) is 4.61. The number of aromatic amines is 1. The summed E-state index contributed by atoms with van der Waals surface area (Å²) in [5.41, 5.74) is 4.15. The molecule has 2 N–H and O–H groups in total. The van der Waals surface area contributed by atoms with E-state index in [1.807, 2.05) is 36.4 Å². The van der Waals surface area contributed by atoms with E-state index in [9.17, 15) is 0 Å². The number of nitrogens with one attached hydrogen (secondary N) is 2. The van der Waals surface area contributed by atoms with Crippen LogP contribution in [-0.2, 0) is 0 Å². The van der Waals surface area contributed by atoms with E-state index < -0.39 is 0 Å². The molecule has 0 aliphatic carbocycles. The number of pyridine rings is 1. The molecule has 0 unspecified atom stereocenters. The zero-order valence-corrected chi connectivity index (χ0v) is 13.1. The van der Waals surface area contributed by atoms with Crippen molar-refractivity contribution in [3.63, 3.8) is 0 Å². The summed E-state index contributed by atoms with van der Waals surface area (Å²) in [6, 6.07) is 11.7. The molecule has 3 aromatic rings. The maximum absolute atomic E-state index is 5.98. The molecule has 0 saturated heterocycles. The Bertz CT molecular complexity index is 735. The molecule has 0 radical (unpaired) electrons. The van der Waals surface area contributed by atoms with Gasteiger partial charge in [-0.3, -0.25) is 10.1 Å². The van der Waals surface area contributed by atoms with Crippen molar-refractivity contribution in [1.82, 2.24) is 15.2 Å². The van der Waals surface area contributed by atoms with Crippen LogP contribution < -0.4 is 5.32 Å². The lowest BCUT2D eigenvalue weighted by atomic mass is 10.0. The minimum atomic E-state index is 0.720. The largest absolute Gasteiger partial charge is 0.368 e. The SMILES string of the molecule is CCCNc1n[nH]c(-c2ccc(Cl)cc2)c1-c1ccncc1. The summed E-state index contributed by atoms with van der Waals surface area (Å²) in [6.45, 7) is 3.01.